The normalized spacial score (nSPS) is 10.2. The van der Waals surface area contributed by atoms with Crippen LogP contribution >= 0.6 is 38.5 Å². The fourth-order valence-corrected chi connectivity index (χ4v) is 1.99. The maximum atomic E-state index is 11.7. The number of nitrogens with zero attached hydrogens (tertiary/aromatic N) is 2. The van der Waals surface area contributed by atoms with Crippen LogP contribution in [0.4, 0.5) is 5.69 Å². The zero-order valence-electron chi connectivity index (χ0n) is 8.73. The zero-order valence-corrected chi connectivity index (χ0v) is 12.5. The number of hydrogen-bond donors (Lipinski definition) is 1. The lowest BCUT2D eigenvalue weighted by atomic mass is 10.3. The highest BCUT2D eigenvalue weighted by Gasteiger charge is 2.04. The molecule has 2 rings (SSSR count). The van der Waals surface area contributed by atoms with E-state index in [1.54, 1.807) is 17.1 Å². The Kier molecular flexibility index (Phi) is 4.16. The molecule has 88 valence electrons. The summed E-state index contributed by atoms with van der Waals surface area (Å²) < 4.78 is 3.57. The first kappa shape index (κ1) is 12.6. The monoisotopic (exact) mass is 405 g/mol. The summed E-state index contributed by atoms with van der Waals surface area (Å²) in [5.41, 5.74) is 0.793. The molecule has 0 aliphatic carbocycles. The number of halogens is 2. The molecule has 0 radical (unpaired) electrons. The van der Waals surface area contributed by atoms with Crippen molar-refractivity contribution < 1.29 is 4.79 Å². The van der Waals surface area contributed by atoms with Crippen molar-refractivity contribution in [3.63, 3.8) is 0 Å². The highest BCUT2D eigenvalue weighted by Crippen LogP contribution is 2.11. The molecule has 1 heterocycles. The topological polar surface area (TPSA) is 46.9 Å². The molecule has 1 N–H and O–H groups in total. The van der Waals surface area contributed by atoms with Gasteiger partial charge >= 0.3 is 0 Å². The van der Waals surface area contributed by atoms with E-state index in [1.165, 1.54) is 0 Å². The summed E-state index contributed by atoms with van der Waals surface area (Å²) in [6, 6.07) is 7.64. The number of carbonyl (C=O) groups is 1. The van der Waals surface area contributed by atoms with Crippen molar-refractivity contribution in [2.75, 3.05) is 5.32 Å². The van der Waals surface area contributed by atoms with E-state index in [1.807, 2.05) is 24.3 Å². The molecule has 0 saturated carbocycles. The van der Waals surface area contributed by atoms with E-state index < -0.39 is 0 Å². The molecule has 0 spiro atoms. The minimum Gasteiger partial charge on any atom is -0.324 e. The van der Waals surface area contributed by atoms with E-state index in [-0.39, 0.29) is 12.5 Å². The van der Waals surface area contributed by atoms with E-state index in [0.29, 0.717) is 0 Å². The highest BCUT2D eigenvalue weighted by atomic mass is 127. The van der Waals surface area contributed by atoms with Gasteiger partial charge < -0.3 is 5.32 Å². The molecule has 1 amide bonds. The van der Waals surface area contributed by atoms with Crippen molar-refractivity contribution in [1.29, 1.82) is 0 Å². The SMILES string of the molecule is O=C(Cn1cc(Br)cn1)Nc1ccc(I)cc1. The number of hydrogen-bond acceptors (Lipinski definition) is 2. The molecule has 6 heteroatoms. The third kappa shape index (κ3) is 3.81. The van der Waals surface area contributed by atoms with Gasteiger partial charge in [0, 0.05) is 15.5 Å². The standard InChI is InChI=1S/C11H9BrIN3O/c12-8-5-14-16(6-8)7-11(17)15-10-3-1-9(13)2-4-10/h1-6H,7H2,(H,15,17). The molecule has 2 aromatic rings. The molecule has 0 bridgehead atoms. The van der Waals surface area contributed by atoms with Crippen LogP contribution in [0.25, 0.3) is 0 Å². The van der Waals surface area contributed by atoms with Crippen molar-refractivity contribution in [3.8, 4) is 0 Å². The molecule has 0 unspecified atom stereocenters. The van der Waals surface area contributed by atoms with Crippen molar-refractivity contribution in [1.82, 2.24) is 9.78 Å². The Morgan fingerprint density at radius 3 is 2.71 bits per heavy atom. The third-order valence-corrected chi connectivity index (χ3v) is 3.16. The average molecular weight is 406 g/mol. The second kappa shape index (κ2) is 5.63. The largest absolute Gasteiger partial charge is 0.324 e. The Morgan fingerprint density at radius 2 is 2.12 bits per heavy atom. The Hall–Kier alpha value is -0.890. The first-order valence-electron chi connectivity index (χ1n) is 4.87. The zero-order chi connectivity index (χ0) is 12.3. The second-order valence-corrected chi connectivity index (χ2v) is 5.57. The molecule has 0 atom stereocenters. The van der Waals surface area contributed by atoms with E-state index >= 15 is 0 Å². The van der Waals surface area contributed by atoms with Gasteiger partial charge in [-0.1, -0.05) is 0 Å². The van der Waals surface area contributed by atoms with E-state index in [0.717, 1.165) is 13.7 Å². The highest BCUT2D eigenvalue weighted by molar-refractivity contribution is 14.1. The minimum atomic E-state index is -0.0955. The van der Waals surface area contributed by atoms with Crippen molar-refractivity contribution in [2.24, 2.45) is 0 Å². The molecule has 1 aromatic heterocycles. The first-order valence-corrected chi connectivity index (χ1v) is 6.74. The van der Waals surface area contributed by atoms with E-state index in [9.17, 15) is 4.79 Å². The fourth-order valence-electron chi connectivity index (χ4n) is 1.31. The Labute approximate surface area is 121 Å². The van der Waals surface area contributed by atoms with Crippen LogP contribution in [0.15, 0.2) is 41.1 Å². The molecular weight excluding hydrogens is 397 g/mol. The third-order valence-electron chi connectivity index (χ3n) is 2.04. The van der Waals surface area contributed by atoms with Crippen LogP contribution in [0.3, 0.4) is 0 Å². The molecule has 0 fully saturated rings. The minimum absolute atomic E-state index is 0.0955. The lowest BCUT2D eigenvalue weighted by Gasteiger charge is -2.05. The molecule has 17 heavy (non-hydrogen) atoms. The molecule has 0 saturated heterocycles. The van der Waals surface area contributed by atoms with Gasteiger partial charge in [-0.05, 0) is 62.8 Å². The van der Waals surface area contributed by atoms with Crippen LogP contribution in [0.2, 0.25) is 0 Å². The van der Waals surface area contributed by atoms with Gasteiger partial charge in [0.05, 0.1) is 10.7 Å². The Balaban J connectivity index is 1.95. The number of nitrogens with one attached hydrogen (secondary N) is 1. The van der Waals surface area contributed by atoms with Gasteiger partial charge in [0.25, 0.3) is 0 Å². The Morgan fingerprint density at radius 1 is 1.41 bits per heavy atom. The van der Waals surface area contributed by atoms with E-state index in [4.69, 9.17) is 0 Å². The molecule has 1 aromatic carbocycles. The summed E-state index contributed by atoms with van der Waals surface area (Å²) in [4.78, 5) is 11.7. The van der Waals surface area contributed by atoms with Gasteiger partial charge in [-0.3, -0.25) is 9.48 Å². The number of amides is 1. The van der Waals surface area contributed by atoms with Gasteiger partial charge in [-0.2, -0.15) is 5.10 Å². The second-order valence-electron chi connectivity index (χ2n) is 3.41. The summed E-state index contributed by atoms with van der Waals surface area (Å²) in [5, 5.41) is 6.83. The summed E-state index contributed by atoms with van der Waals surface area (Å²) in [7, 11) is 0. The maximum absolute atomic E-state index is 11.7. The number of anilines is 1. The summed E-state index contributed by atoms with van der Waals surface area (Å²) >= 11 is 5.50. The number of rotatable bonds is 3. The number of carbonyl (C=O) groups excluding carboxylic acids is 1. The molecule has 4 nitrogen and oxygen atoms in total. The molecular formula is C11H9BrIN3O. The van der Waals surface area contributed by atoms with Gasteiger partial charge in [-0.25, -0.2) is 0 Å². The lowest BCUT2D eigenvalue weighted by Crippen LogP contribution is -2.18. The van der Waals surface area contributed by atoms with Crippen molar-refractivity contribution in [2.45, 2.75) is 6.54 Å². The lowest BCUT2D eigenvalue weighted by molar-refractivity contribution is -0.116. The first-order chi connectivity index (χ1) is 8.13. The van der Waals surface area contributed by atoms with Crippen LogP contribution in [-0.4, -0.2) is 15.7 Å². The molecule has 0 aliphatic rings. The van der Waals surface area contributed by atoms with Gasteiger partial charge in [0.2, 0.25) is 5.91 Å². The van der Waals surface area contributed by atoms with Crippen LogP contribution in [0.5, 0.6) is 0 Å². The van der Waals surface area contributed by atoms with Crippen LogP contribution in [-0.2, 0) is 11.3 Å². The predicted octanol–water partition coefficient (Wildman–Crippen LogP) is 2.89. The average Bonchev–Trinajstić information content (AvgIpc) is 2.67. The predicted molar refractivity (Wildman–Crippen MR) is 77.7 cm³/mol. The van der Waals surface area contributed by atoms with Crippen LogP contribution in [0.1, 0.15) is 0 Å². The van der Waals surface area contributed by atoms with Crippen LogP contribution < -0.4 is 5.32 Å². The summed E-state index contributed by atoms with van der Waals surface area (Å²) in [5.74, 6) is -0.0955. The summed E-state index contributed by atoms with van der Waals surface area (Å²) in [6.07, 6.45) is 3.41. The van der Waals surface area contributed by atoms with Gasteiger partial charge in [0.1, 0.15) is 6.54 Å². The van der Waals surface area contributed by atoms with Gasteiger partial charge in [-0.15, -0.1) is 0 Å². The number of aromatic nitrogens is 2. The number of benzene rings is 1. The summed E-state index contributed by atoms with van der Waals surface area (Å²) in [6.45, 7) is 0.206. The van der Waals surface area contributed by atoms with E-state index in [2.05, 4.69) is 48.9 Å². The Bertz CT molecular complexity index is 524. The smallest absolute Gasteiger partial charge is 0.246 e. The van der Waals surface area contributed by atoms with Crippen molar-refractivity contribution in [3.05, 3.63) is 44.7 Å². The molecule has 0 aliphatic heterocycles. The maximum Gasteiger partial charge on any atom is 0.246 e. The quantitative estimate of drug-likeness (QED) is 0.798. The van der Waals surface area contributed by atoms with Crippen molar-refractivity contribution >= 4 is 50.1 Å². The van der Waals surface area contributed by atoms with Crippen LogP contribution in [0, 0.1) is 3.57 Å². The fraction of sp³-hybridized carbons (Fsp3) is 0.0909. The van der Waals surface area contributed by atoms with Gasteiger partial charge in [0.15, 0.2) is 0 Å².